The van der Waals surface area contributed by atoms with Crippen LogP contribution in [0.15, 0.2) is 24.3 Å². The van der Waals surface area contributed by atoms with Crippen molar-refractivity contribution < 1.29 is 19.1 Å². The third kappa shape index (κ3) is 5.18. The Morgan fingerprint density at radius 2 is 1.76 bits per heavy atom. The molecule has 4 aliphatic rings. The number of hydrogen-bond donors (Lipinski definition) is 2. The molecule has 0 saturated carbocycles. The second kappa shape index (κ2) is 10.4. The summed E-state index contributed by atoms with van der Waals surface area (Å²) in [7, 11) is 0. The van der Waals surface area contributed by atoms with Crippen molar-refractivity contribution in [1.29, 1.82) is 0 Å². The molecule has 2 N–H and O–H groups in total. The number of amides is 2. The minimum absolute atomic E-state index is 0.0243. The Bertz CT molecular complexity index is 843. The second-order valence-electron chi connectivity index (χ2n) is 9.68. The van der Waals surface area contributed by atoms with E-state index in [1.165, 1.54) is 0 Å². The summed E-state index contributed by atoms with van der Waals surface area (Å²) in [6, 6.07) is 7.36. The first kappa shape index (κ1) is 22.6. The Hall–Kier alpha value is -2.16. The lowest BCUT2D eigenvalue weighted by Gasteiger charge is -2.45. The molecule has 1 aromatic rings. The van der Waals surface area contributed by atoms with Gasteiger partial charge in [-0.05, 0) is 57.3 Å². The van der Waals surface area contributed by atoms with Gasteiger partial charge in [-0.1, -0.05) is 12.1 Å². The van der Waals surface area contributed by atoms with Crippen LogP contribution < -0.4 is 15.4 Å². The second-order valence-corrected chi connectivity index (χ2v) is 9.68. The Labute approximate surface area is 196 Å². The van der Waals surface area contributed by atoms with Crippen LogP contribution in [0.1, 0.15) is 48.9 Å². The molecular formula is C25H36N4O4. The highest BCUT2D eigenvalue weighted by Gasteiger charge is 2.39. The summed E-state index contributed by atoms with van der Waals surface area (Å²) in [6.07, 6.45) is 6.16. The van der Waals surface area contributed by atoms with Crippen LogP contribution in [0.3, 0.4) is 0 Å². The topological polar surface area (TPSA) is 83.1 Å². The number of nitrogens with one attached hydrogen (secondary N) is 2. The van der Waals surface area contributed by atoms with Crippen molar-refractivity contribution in [2.45, 2.75) is 62.8 Å². The fraction of sp³-hybridized carbons (Fsp3) is 0.680. The quantitative estimate of drug-likeness (QED) is 0.665. The standard InChI is InChI=1S/C25H36N4O4/c30-24-22-17-28(18-8-11-26-12-9-18)13-14-29(22)25(31)21-6-1-2-7-23(21)32-15-10-19-4-3-5-20(33-19)16-27-24/h1-2,6-7,18-20,22,26H,3-5,8-17H2,(H,27,30)/t19-,20-,22-/m0/s1. The van der Waals surface area contributed by atoms with Crippen molar-refractivity contribution in [2.75, 3.05) is 45.9 Å². The van der Waals surface area contributed by atoms with Gasteiger partial charge in [0.05, 0.1) is 24.4 Å². The van der Waals surface area contributed by atoms with Crippen LogP contribution in [0.2, 0.25) is 0 Å². The molecule has 0 spiro atoms. The third-order valence-corrected chi connectivity index (χ3v) is 7.56. The first-order chi connectivity index (χ1) is 16.2. The fourth-order valence-corrected chi connectivity index (χ4v) is 5.68. The lowest BCUT2D eigenvalue weighted by atomic mass is 10.00. The average Bonchev–Trinajstić information content (AvgIpc) is 2.87. The number of fused-ring (bicyclic) bond motifs is 4. The van der Waals surface area contributed by atoms with Crippen LogP contribution in [-0.2, 0) is 9.53 Å². The number of nitrogens with zero attached hydrogens (tertiary/aromatic N) is 2. The maximum atomic E-state index is 13.7. The first-order valence-corrected chi connectivity index (χ1v) is 12.6. The largest absolute Gasteiger partial charge is 0.493 e. The summed E-state index contributed by atoms with van der Waals surface area (Å²) in [4.78, 5) is 31.3. The molecule has 3 atom stereocenters. The van der Waals surface area contributed by atoms with Gasteiger partial charge in [0.25, 0.3) is 5.91 Å². The number of piperidine rings is 1. The van der Waals surface area contributed by atoms with E-state index in [-0.39, 0.29) is 24.0 Å². The monoisotopic (exact) mass is 456 g/mol. The molecule has 0 aromatic heterocycles. The van der Waals surface area contributed by atoms with E-state index < -0.39 is 6.04 Å². The van der Waals surface area contributed by atoms with Crippen LogP contribution in [0, 0.1) is 0 Å². The predicted molar refractivity (Wildman–Crippen MR) is 124 cm³/mol. The SMILES string of the molecule is O=C1NC[C@@H]2CCC[C@@H](CCOc3ccccc3C(=O)N3CCN(C4CCNCC4)C[C@@H]13)O2. The zero-order valence-electron chi connectivity index (χ0n) is 19.3. The highest BCUT2D eigenvalue weighted by atomic mass is 16.5. The van der Waals surface area contributed by atoms with E-state index in [2.05, 4.69) is 15.5 Å². The molecule has 33 heavy (non-hydrogen) atoms. The van der Waals surface area contributed by atoms with Gasteiger partial charge in [0.2, 0.25) is 5.91 Å². The van der Waals surface area contributed by atoms with Gasteiger partial charge in [0.15, 0.2) is 0 Å². The molecule has 4 heterocycles. The van der Waals surface area contributed by atoms with Gasteiger partial charge in [0.1, 0.15) is 11.8 Å². The maximum Gasteiger partial charge on any atom is 0.258 e. The molecule has 0 unspecified atom stereocenters. The number of piperazine rings is 1. The van der Waals surface area contributed by atoms with Gasteiger partial charge in [-0.3, -0.25) is 14.5 Å². The third-order valence-electron chi connectivity index (χ3n) is 7.56. The lowest BCUT2D eigenvalue weighted by Crippen LogP contribution is -2.63. The van der Waals surface area contributed by atoms with E-state index in [0.29, 0.717) is 43.6 Å². The Kier molecular flexibility index (Phi) is 7.13. The zero-order valence-corrected chi connectivity index (χ0v) is 19.3. The minimum atomic E-state index is -0.517. The molecule has 180 valence electrons. The summed E-state index contributed by atoms with van der Waals surface area (Å²) in [5.74, 6) is 0.388. The van der Waals surface area contributed by atoms with Gasteiger partial charge in [-0.15, -0.1) is 0 Å². The smallest absolute Gasteiger partial charge is 0.258 e. The molecule has 5 rings (SSSR count). The molecule has 4 aliphatic heterocycles. The normalized spacial score (nSPS) is 30.4. The van der Waals surface area contributed by atoms with E-state index in [0.717, 1.165) is 58.2 Å². The van der Waals surface area contributed by atoms with E-state index in [9.17, 15) is 9.59 Å². The summed E-state index contributed by atoms with van der Waals surface area (Å²) < 4.78 is 12.3. The Morgan fingerprint density at radius 1 is 0.939 bits per heavy atom. The molecule has 0 aliphatic carbocycles. The Morgan fingerprint density at radius 3 is 2.64 bits per heavy atom. The van der Waals surface area contributed by atoms with Gasteiger partial charge < -0.3 is 25.0 Å². The fourth-order valence-electron chi connectivity index (χ4n) is 5.68. The number of carbonyl (C=O) groups is 2. The van der Waals surface area contributed by atoms with E-state index in [1.807, 2.05) is 24.3 Å². The summed E-state index contributed by atoms with van der Waals surface area (Å²) in [5, 5.41) is 6.55. The maximum absolute atomic E-state index is 13.7. The van der Waals surface area contributed by atoms with Crippen LogP contribution in [0.25, 0.3) is 0 Å². The van der Waals surface area contributed by atoms with Crippen molar-refractivity contribution in [1.82, 2.24) is 20.4 Å². The van der Waals surface area contributed by atoms with E-state index in [1.54, 1.807) is 4.90 Å². The number of ether oxygens (including phenoxy) is 2. The van der Waals surface area contributed by atoms with Crippen LogP contribution in [0.4, 0.5) is 0 Å². The zero-order chi connectivity index (χ0) is 22.6. The highest BCUT2D eigenvalue weighted by molar-refractivity contribution is 6.00. The van der Waals surface area contributed by atoms with Gasteiger partial charge >= 0.3 is 0 Å². The molecule has 0 radical (unpaired) electrons. The van der Waals surface area contributed by atoms with Crippen molar-refractivity contribution in [3.8, 4) is 5.75 Å². The summed E-state index contributed by atoms with van der Waals surface area (Å²) >= 11 is 0. The number of rotatable bonds is 1. The number of benzene rings is 1. The molecule has 8 heteroatoms. The summed E-state index contributed by atoms with van der Waals surface area (Å²) in [5.41, 5.74) is 0.533. The van der Waals surface area contributed by atoms with Crippen molar-refractivity contribution >= 4 is 11.8 Å². The lowest BCUT2D eigenvalue weighted by molar-refractivity contribution is -0.130. The highest BCUT2D eigenvalue weighted by Crippen LogP contribution is 2.26. The molecule has 1 aromatic carbocycles. The number of para-hydroxylation sites is 1. The van der Waals surface area contributed by atoms with E-state index >= 15 is 0 Å². The molecule has 3 fully saturated rings. The van der Waals surface area contributed by atoms with E-state index in [4.69, 9.17) is 9.47 Å². The van der Waals surface area contributed by atoms with Crippen LogP contribution in [0.5, 0.6) is 5.75 Å². The molecule has 8 nitrogen and oxygen atoms in total. The minimum Gasteiger partial charge on any atom is -0.493 e. The van der Waals surface area contributed by atoms with Crippen LogP contribution in [-0.4, -0.2) is 91.8 Å². The number of carbonyl (C=O) groups excluding carboxylic acids is 2. The number of hydrogen-bond acceptors (Lipinski definition) is 6. The molecular weight excluding hydrogens is 420 g/mol. The van der Waals surface area contributed by atoms with Gasteiger partial charge in [-0.2, -0.15) is 0 Å². The van der Waals surface area contributed by atoms with Crippen molar-refractivity contribution in [3.63, 3.8) is 0 Å². The Balaban J connectivity index is 1.41. The van der Waals surface area contributed by atoms with Gasteiger partial charge in [-0.25, -0.2) is 0 Å². The van der Waals surface area contributed by atoms with Gasteiger partial charge in [0, 0.05) is 38.6 Å². The van der Waals surface area contributed by atoms with Crippen molar-refractivity contribution in [3.05, 3.63) is 29.8 Å². The van der Waals surface area contributed by atoms with Crippen LogP contribution >= 0.6 is 0 Å². The van der Waals surface area contributed by atoms with Crippen molar-refractivity contribution in [2.24, 2.45) is 0 Å². The summed E-state index contributed by atoms with van der Waals surface area (Å²) in [6.45, 7) is 4.92. The predicted octanol–water partition coefficient (Wildman–Crippen LogP) is 1.40. The molecule has 3 saturated heterocycles. The molecule has 2 amide bonds. The molecule has 2 bridgehead atoms. The average molecular weight is 457 g/mol. The first-order valence-electron chi connectivity index (χ1n) is 12.6.